The number of alkyl halides is 1. The lowest BCUT2D eigenvalue weighted by atomic mass is 9.82. The zero-order valence-electron chi connectivity index (χ0n) is 20.3. The van der Waals surface area contributed by atoms with Crippen LogP contribution < -0.4 is 5.59 Å². The van der Waals surface area contributed by atoms with E-state index in [9.17, 15) is 9.18 Å². The molecule has 0 saturated carbocycles. The molecule has 0 aliphatic carbocycles. The summed E-state index contributed by atoms with van der Waals surface area (Å²) < 4.78 is 48.8. The Balaban J connectivity index is 1.64. The van der Waals surface area contributed by atoms with Crippen LogP contribution in [0.15, 0.2) is 18.2 Å². The molecule has 7 nitrogen and oxygen atoms in total. The van der Waals surface area contributed by atoms with Crippen LogP contribution in [0.3, 0.4) is 0 Å². The molecule has 0 N–H and O–H groups in total. The first-order valence-corrected chi connectivity index (χ1v) is 11.3. The molecule has 2 saturated heterocycles. The molecule has 2 aliphatic heterocycles. The predicted molar refractivity (Wildman–Crippen MR) is 122 cm³/mol. The lowest BCUT2D eigenvalue weighted by Gasteiger charge is -2.35. The van der Waals surface area contributed by atoms with E-state index in [4.69, 9.17) is 14.0 Å². The number of piperidine rings is 1. The first-order chi connectivity index (χ1) is 15.2. The van der Waals surface area contributed by atoms with Crippen molar-refractivity contribution in [1.82, 2.24) is 14.7 Å². The number of amides is 1. The van der Waals surface area contributed by atoms with Gasteiger partial charge in [0.15, 0.2) is 0 Å². The molecule has 2 aromatic rings. The molecule has 0 radical (unpaired) electrons. The van der Waals surface area contributed by atoms with Crippen molar-refractivity contribution < 1.29 is 27.6 Å². The monoisotopic (exact) mass is 463 g/mol. The molecule has 2 aliphatic rings. The standard InChI is InChI=1S/C23H32BF2N3O4/c1-21(2,3)31-20(30)28-11-10-18(16(26)13-28)29-17-9-8-14(25)12-15(17)19(27-29)24-32-22(4,5)23(6,7)33-24/h8-9,12,16,18H,10-11,13H2,1-7H3/t16-,18+/m1/s1. The van der Waals surface area contributed by atoms with Gasteiger partial charge in [-0.2, -0.15) is 5.10 Å². The molecule has 3 heterocycles. The number of hydrogen-bond donors (Lipinski definition) is 0. The van der Waals surface area contributed by atoms with Crippen LogP contribution in [0.25, 0.3) is 10.9 Å². The van der Waals surface area contributed by atoms with Crippen molar-refractivity contribution in [3.05, 3.63) is 24.0 Å². The van der Waals surface area contributed by atoms with E-state index in [1.807, 2.05) is 27.7 Å². The molecule has 1 aromatic heterocycles. The van der Waals surface area contributed by atoms with Crippen LogP contribution in [0, 0.1) is 5.82 Å². The van der Waals surface area contributed by atoms with Crippen LogP contribution in [0.1, 0.15) is 60.9 Å². The van der Waals surface area contributed by atoms with Crippen molar-refractivity contribution in [1.29, 1.82) is 0 Å². The molecule has 0 spiro atoms. The van der Waals surface area contributed by atoms with Crippen LogP contribution in [-0.4, -0.2) is 64.0 Å². The fraction of sp³-hybridized carbons (Fsp3) is 0.652. The number of halogens is 2. The largest absolute Gasteiger partial charge is 0.517 e. The maximum atomic E-state index is 15.4. The maximum Gasteiger partial charge on any atom is 0.517 e. The van der Waals surface area contributed by atoms with Crippen LogP contribution >= 0.6 is 0 Å². The third kappa shape index (κ3) is 4.47. The van der Waals surface area contributed by atoms with Gasteiger partial charge in [0.2, 0.25) is 0 Å². The van der Waals surface area contributed by atoms with Gasteiger partial charge in [-0.25, -0.2) is 13.6 Å². The Bertz CT molecular complexity index is 1050. The number of carbonyl (C=O) groups excluding carboxylic acids is 1. The molecule has 33 heavy (non-hydrogen) atoms. The van der Waals surface area contributed by atoms with Crippen molar-refractivity contribution in [2.75, 3.05) is 13.1 Å². The second kappa shape index (κ2) is 7.94. The Labute approximate surface area is 193 Å². The lowest BCUT2D eigenvalue weighted by molar-refractivity contribution is 0.00578. The smallest absolute Gasteiger partial charge is 0.444 e. The summed E-state index contributed by atoms with van der Waals surface area (Å²) in [5.74, 6) is -0.420. The van der Waals surface area contributed by atoms with E-state index >= 15 is 4.39 Å². The SMILES string of the molecule is CC(C)(C)OC(=O)N1CC[C@H](n2nc(B3OC(C)(C)C(C)(C)O3)c3cc(F)ccc32)[C@H](F)C1. The molecule has 0 bridgehead atoms. The van der Waals surface area contributed by atoms with Gasteiger partial charge in [-0.05, 0) is 73.1 Å². The van der Waals surface area contributed by atoms with E-state index in [0.29, 0.717) is 29.5 Å². The highest BCUT2D eigenvalue weighted by Gasteiger charge is 2.53. The number of likely N-dealkylation sites (tertiary alicyclic amines) is 1. The van der Waals surface area contributed by atoms with E-state index in [1.54, 1.807) is 31.5 Å². The topological polar surface area (TPSA) is 65.8 Å². The summed E-state index contributed by atoms with van der Waals surface area (Å²) in [4.78, 5) is 13.8. The van der Waals surface area contributed by atoms with Crippen LogP contribution in [0.4, 0.5) is 13.6 Å². The Morgan fingerprint density at radius 2 is 1.85 bits per heavy atom. The molecule has 2 atom stereocenters. The zero-order valence-corrected chi connectivity index (χ0v) is 20.3. The normalized spacial score (nSPS) is 25.0. The molecular formula is C23H32BF2N3O4. The number of aromatic nitrogens is 2. The van der Waals surface area contributed by atoms with E-state index in [2.05, 4.69) is 5.10 Å². The van der Waals surface area contributed by atoms with Crippen molar-refractivity contribution in [3.8, 4) is 0 Å². The number of carbonyl (C=O) groups is 1. The van der Waals surface area contributed by atoms with Crippen LogP contribution in [0.2, 0.25) is 0 Å². The number of ether oxygens (including phenoxy) is 1. The fourth-order valence-corrected chi connectivity index (χ4v) is 4.18. The van der Waals surface area contributed by atoms with Crippen LogP contribution in [-0.2, 0) is 14.0 Å². The summed E-state index contributed by atoms with van der Waals surface area (Å²) in [5.41, 5.74) is -0.825. The number of hydrogen-bond acceptors (Lipinski definition) is 5. The average molecular weight is 463 g/mol. The minimum Gasteiger partial charge on any atom is -0.444 e. The maximum absolute atomic E-state index is 15.4. The Morgan fingerprint density at radius 1 is 1.21 bits per heavy atom. The summed E-state index contributed by atoms with van der Waals surface area (Å²) >= 11 is 0. The van der Waals surface area contributed by atoms with Gasteiger partial charge in [0.05, 0.1) is 29.3 Å². The Kier molecular flexibility index (Phi) is 5.76. The predicted octanol–water partition coefficient (Wildman–Crippen LogP) is 3.99. The summed E-state index contributed by atoms with van der Waals surface area (Å²) in [5, 5.41) is 5.20. The third-order valence-electron chi connectivity index (χ3n) is 6.65. The highest BCUT2D eigenvalue weighted by Crippen LogP contribution is 2.37. The highest BCUT2D eigenvalue weighted by molar-refractivity contribution is 6.64. The minimum absolute atomic E-state index is 0.103. The molecule has 10 heteroatoms. The van der Waals surface area contributed by atoms with Crippen molar-refractivity contribution >= 4 is 29.7 Å². The summed E-state index contributed by atoms with van der Waals surface area (Å²) in [6.07, 6.45) is -1.56. The fourth-order valence-electron chi connectivity index (χ4n) is 4.18. The van der Waals surface area contributed by atoms with Gasteiger partial charge in [0, 0.05) is 11.9 Å². The Hall–Kier alpha value is -2.20. The number of rotatable bonds is 2. The Morgan fingerprint density at radius 3 is 2.42 bits per heavy atom. The minimum atomic E-state index is -1.37. The van der Waals surface area contributed by atoms with E-state index in [0.717, 1.165) is 0 Å². The third-order valence-corrected chi connectivity index (χ3v) is 6.65. The lowest BCUT2D eigenvalue weighted by Crippen LogP contribution is -2.47. The van der Waals surface area contributed by atoms with Gasteiger partial charge < -0.3 is 18.9 Å². The second-order valence-corrected chi connectivity index (χ2v) is 10.9. The molecule has 2 fully saturated rings. The quantitative estimate of drug-likeness (QED) is 0.631. The van der Waals surface area contributed by atoms with E-state index in [1.165, 1.54) is 17.0 Å². The average Bonchev–Trinajstić information content (AvgIpc) is 3.13. The molecule has 1 aromatic carbocycles. The van der Waals surface area contributed by atoms with Gasteiger partial charge in [-0.3, -0.25) is 4.68 Å². The zero-order chi connectivity index (χ0) is 24.3. The molecule has 1 amide bonds. The first kappa shape index (κ1) is 23.9. The second-order valence-electron chi connectivity index (χ2n) is 10.9. The van der Waals surface area contributed by atoms with Gasteiger partial charge in [-0.15, -0.1) is 0 Å². The van der Waals surface area contributed by atoms with Gasteiger partial charge in [0.25, 0.3) is 0 Å². The number of fused-ring (bicyclic) bond motifs is 1. The van der Waals surface area contributed by atoms with Gasteiger partial charge >= 0.3 is 13.2 Å². The summed E-state index contributed by atoms with van der Waals surface area (Å²) in [6.45, 7) is 13.3. The molecular weight excluding hydrogens is 431 g/mol. The van der Waals surface area contributed by atoms with Crippen LogP contribution in [0.5, 0.6) is 0 Å². The molecule has 0 unspecified atom stereocenters. The van der Waals surface area contributed by atoms with Crippen molar-refractivity contribution in [2.45, 2.75) is 83.9 Å². The van der Waals surface area contributed by atoms with Crippen molar-refractivity contribution in [2.24, 2.45) is 0 Å². The number of nitrogens with zero attached hydrogens (tertiary/aromatic N) is 3. The summed E-state index contributed by atoms with van der Waals surface area (Å²) in [7, 11) is -0.805. The van der Waals surface area contributed by atoms with Crippen molar-refractivity contribution in [3.63, 3.8) is 0 Å². The molecule has 180 valence electrons. The first-order valence-electron chi connectivity index (χ1n) is 11.3. The molecule has 4 rings (SSSR count). The highest BCUT2D eigenvalue weighted by atomic mass is 19.1. The van der Waals surface area contributed by atoms with E-state index in [-0.39, 0.29) is 6.54 Å². The van der Waals surface area contributed by atoms with Gasteiger partial charge in [0.1, 0.15) is 23.2 Å². The van der Waals surface area contributed by atoms with E-state index < -0.39 is 48.0 Å². The number of benzene rings is 1. The van der Waals surface area contributed by atoms with Gasteiger partial charge in [-0.1, -0.05) is 0 Å². The summed E-state index contributed by atoms with van der Waals surface area (Å²) in [6, 6.07) is 3.69.